The minimum Gasteiger partial charge on any atom is -0.326 e. The van der Waals surface area contributed by atoms with Gasteiger partial charge in [0.25, 0.3) is 5.91 Å². The van der Waals surface area contributed by atoms with Gasteiger partial charge in [0.2, 0.25) is 15.9 Å². The molecule has 2 aromatic rings. The monoisotopic (exact) mass is 505 g/mol. The van der Waals surface area contributed by atoms with Crippen molar-refractivity contribution in [1.82, 2.24) is 9.62 Å². The summed E-state index contributed by atoms with van der Waals surface area (Å²) in [6.07, 6.45) is 1.82. The molecule has 0 bridgehead atoms. The first-order valence-corrected chi connectivity index (χ1v) is 13.5. The summed E-state index contributed by atoms with van der Waals surface area (Å²) in [7, 11) is -3.52. The van der Waals surface area contributed by atoms with Crippen LogP contribution >= 0.6 is 11.8 Å². The van der Waals surface area contributed by atoms with E-state index in [0.29, 0.717) is 23.4 Å². The standard InChI is InChI=1S/C23H31N5O4S2/c1-3-28(23(25)33-15(2)24)22(30)17-6-8-18(9-7-17)26-21(29)14-16-4-12-20(13-5-16)34(31,32)27-19-10-11-19/h4-9,12-13,15,19,23,27H,3,10-11,14,24-25H2,1-2H3,(H,26,29). The van der Waals surface area contributed by atoms with Crippen molar-refractivity contribution in [2.75, 3.05) is 11.9 Å². The number of nitrogens with two attached hydrogens (primary N) is 2. The van der Waals surface area contributed by atoms with Crippen molar-refractivity contribution in [2.24, 2.45) is 11.5 Å². The van der Waals surface area contributed by atoms with Crippen molar-refractivity contribution in [3.8, 4) is 0 Å². The van der Waals surface area contributed by atoms with Gasteiger partial charge in [-0.15, -0.1) is 11.8 Å². The molecule has 184 valence electrons. The minimum absolute atomic E-state index is 0.0347. The van der Waals surface area contributed by atoms with Gasteiger partial charge in [-0.05, 0) is 68.7 Å². The van der Waals surface area contributed by atoms with Crippen molar-refractivity contribution < 1.29 is 18.0 Å². The van der Waals surface area contributed by atoms with Gasteiger partial charge < -0.3 is 21.7 Å². The van der Waals surface area contributed by atoms with Crippen molar-refractivity contribution in [2.45, 2.75) is 54.9 Å². The number of nitrogens with zero attached hydrogens (tertiary/aromatic N) is 1. The molecule has 0 saturated heterocycles. The van der Waals surface area contributed by atoms with Crippen molar-refractivity contribution >= 4 is 39.3 Å². The smallest absolute Gasteiger partial charge is 0.255 e. The van der Waals surface area contributed by atoms with Gasteiger partial charge >= 0.3 is 0 Å². The number of amides is 2. The summed E-state index contributed by atoms with van der Waals surface area (Å²) >= 11 is 1.30. The Morgan fingerprint density at radius 3 is 2.24 bits per heavy atom. The highest BCUT2D eigenvalue weighted by atomic mass is 32.2. The molecule has 6 N–H and O–H groups in total. The number of sulfonamides is 1. The van der Waals surface area contributed by atoms with E-state index in [1.165, 1.54) is 28.8 Å². The summed E-state index contributed by atoms with van der Waals surface area (Å²) < 4.78 is 27.1. The summed E-state index contributed by atoms with van der Waals surface area (Å²) in [5.74, 6) is -0.469. The van der Waals surface area contributed by atoms with Gasteiger partial charge in [-0.3, -0.25) is 9.59 Å². The second kappa shape index (κ2) is 11.3. The topological polar surface area (TPSA) is 148 Å². The normalized spacial score (nSPS) is 15.4. The number of nitrogens with one attached hydrogen (secondary N) is 2. The van der Waals surface area contributed by atoms with Gasteiger partial charge in [0.05, 0.1) is 16.7 Å². The van der Waals surface area contributed by atoms with E-state index in [9.17, 15) is 18.0 Å². The van der Waals surface area contributed by atoms with Gasteiger partial charge in [-0.1, -0.05) is 12.1 Å². The molecule has 0 spiro atoms. The Bertz CT molecular complexity index is 1100. The third-order valence-electron chi connectivity index (χ3n) is 5.18. The van der Waals surface area contributed by atoms with Gasteiger partial charge in [-0.25, -0.2) is 13.1 Å². The van der Waals surface area contributed by atoms with Crippen LogP contribution in [0.2, 0.25) is 0 Å². The second-order valence-electron chi connectivity index (χ2n) is 8.16. The SMILES string of the molecule is CCN(C(=O)c1ccc(NC(=O)Cc2ccc(S(=O)(=O)NC3CC3)cc2)cc1)C(N)SC(C)N. The molecule has 2 unspecified atom stereocenters. The summed E-state index contributed by atoms with van der Waals surface area (Å²) in [5.41, 5.74) is 13.0. The van der Waals surface area contributed by atoms with Crippen LogP contribution in [0.25, 0.3) is 0 Å². The first kappa shape index (κ1) is 26.2. The maximum absolute atomic E-state index is 12.8. The third kappa shape index (κ3) is 7.28. The maximum atomic E-state index is 12.8. The van der Waals surface area contributed by atoms with Crippen LogP contribution in [0.4, 0.5) is 5.69 Å². The summed E-state index contributed by atoms with van der Waals surface area (Å²) in [5, 5.41) is 2.59. The van der Waals surface area contributed by atoms with Crippen LogP contribution in [0, 0.1) is 0 Å². The Kier molecular flexibility index (Phi) is 8.72. The zero-order chi connectivity index (χ0) is 24.9. The molecule has 0 radical (unpaired) electrons. The number of rotatable bonds is 11. The molecular formula is C23H31N5O4S2. The van der Waals surface area contributed by atoms with E-state index in [2.05, 4.69) is 10.0 Å². The Morgan fingerprint density at radius 1 is 1.09 bits per heavy atom. The van der Waals surface area contributed by atoms with Gasteiger partial charge in [0.1, 0.15) is 5.50 Å². The maximum Gasteiger partial charge on any atom is 0.255 e. The molecule has 1 saturated carbocycles. The van der Waals surface area contributed by atoms with Gasteiger partial charge in [0, 0.05) is 23.8 Å². The third-order valence-corrected chi connectivity index (χ3v) is 7.67. The Balaban J connectivity index is 1.56. The lowest BCUT2D eigenvalue weighted by molar-refractivity contribution is -0.115. The molecule has 9 nitrogen and oxygen atoms in total. The van der Waals surface area contributed by atoms with E-state index in [4.69, 9.17) is 11.5 Å². The van der Waals surface area contributed by atoms with Crippen molar-refractivity contribution in [1.29, 1.82) is 0 Å². The van der Waals surface area contributed by atoms with Crippen LogP contribution in [-0.4, -0.2) is 48.6 Å². The molecule has 0 aromatic heterocycles. The number of carbonyl (C=O) groups excluding carboxylic acids is 2. The van der Waals surface area contributed by atoms with E-state index in [1.807, 2.05) is 13.8 Å². The molecule has 2 atom stereocenters. The Morgan fingerprint density at radius 2 is 1.71 bits per heavy atom. The highest BCUT2D eigenvalue weighted by Crippen LogP contribution is 2.22. The molecule has 2 amide bonds. The van der Waals surface area contributed by atoms with E-state index < -0.39 is 15.5 Å². The van der Waals surface area contributed by atoms with E-state index in [1.54, 1.807) is 36.4 Å². The Labute approximate surface area is 204 Å². The summed E-state index contributed by atoms with van der Waals surface area (Å²) in [6, 6.07) is 12.9. The van der Waals surface area contributed by atoms with Crippen LogP contribution in [0.5, 0.6) is 0 Å². The van der Waals surface area contributed by atoms with E-state index >= 15 is 0 Å². The molecule has 2 aromatic carbocycles. The van der Waals surface area contributed by atoms with Crippen LogP contribution in [0.1, 0.15) is 42.6 Å². The van der Waals surface area contributed by atoms with Crippen LogP contribution in [-0.2, 0) is 21.2 Å². The molecule has 1 aliphatic carbocycles. The molecule has 3 rings (SSSR count). The van der Waals surface area contributed by atoms with Gasteiger partial charge in [0.15, 0.2) is 0 Å². The number of hydrogen-bond donors (Lipinski definition) is 4. The fraction of sp³-hybridized carbons (Fsp3) is 0.391. The van der Waals surface area contributed by atoms with Crippen LogP contribution in [0.3, 0.4) is 0 Å². The largest absolute Gasteiger partial charge is 0.326 e. The molecule has 1 aliphatic rings. The summed E-state index contributed by atoms with van der Waals surface area (Å²) in [4.78, 5) is 26.9. The van der Waals surface area contributed by atoms with E-state index in [-0.39, 0.29) is 34.5 Å². The molecule has 34 heavy (non-hydrogen) atoms. The predicted octanol–water partition coefficient (Wildman–Crippen LogP) is 2.05. The van der Waals surface area contributed by atoms with Gasteiger partial charge in [-0.2, -0.15) is 0 Å². The first-order chi connectivity index (χ1) is 16.1. The zero-order valence-corrected chi connectivity index (χ0v) is 20.9. The Hall–Kier alpha value is -2.44. The number of anilines is 1. The lowest BCUT2D eigenvalue weighted by Crippen LogP contribution is -2.45. The first-order valence-electron chi connectivity index (χ1n) is 11.1. The quantitative estimate of drug-likeness (QED) is 0.342. The molecule has 1 fully saturated rings. The fourth-order valence-electron chi connectivity index (χ4n) is 3.26. The molecular weight excluding hydrogens is 474 g/mol. The fourth-order valence-corrected chi connectivity index (χ4v) is 5.40. The molecule has 11 heteroatoms. The number of hydrogen-bond acceptors (Lipinski definition) is 7. The van der Waals surface area contributed by atoms with Crippen LogP contribution < -0.4 is 21.5 Å². The second-order valence-corrected chi connectivity index (χ2v) is 11.4. The number of carbonyl (C=O) groups is 2. The average Bonchev–Trinajstić information content (AvgIpc) is 3.58. The highest BCUT2D eigenvalue weighted by molar-refractivity contribution is 8.00. The molecule has 0 heterocycles. The van der Waals surface area contributed by atoms with Crippen molar-refractivity contribution in [3.63, 3.8) is 0 Å². The number of benzene rings is 2. The predicted molar refractivity (Wildman–Crippen MR) is 134 cm³/mol. The lowest BCUT2D eigenvalue weighted by atomic mass is 10.1. The highest BCUT2D eigenvalue weighted by Gasteiger charge is 2.28. The lowest BCUT2D eigenvalue weighted by Gasteiger charge is -2.28. The number of thioether (sulfide) groups is 1. The molecule has 0 aliphatic heterocycles. The minimum atomic E-state index is -3.52. The van der Waals surface area contributed by atoms with Crippen molar-refractivity contribution in [3.05, 3.63) is 59.7 Å². The van der Waals surface area contributed by atoms with Crippen LogP contribution in [0.15, 0.2) is 53.4 Å². The van der Waals surface area contributed by atoms with E-state index in [0.717, 1.165) is 12.8 Å². The zero-order valence-electron chi connectivity index (χ0n) is 19.2. The summed E-state index contributed by atoms with van der Waals surface area (Å²) in [6.45, 7) is 4.09. The average molecular weight is 506 g/mol.